The quantitative estimate of drug-likeness (QED) is 0.595. The van der Waals surface area contributed by atoms with E-state index < -0.39 is 14.6 Å². The van der Waals surface area contributed by atoms with E-state index in [0.717, 1.165) is 12.8 Å². The van der Waals surface area contributed by atoms with Crippen LogP contribution in [0, 0.1) is 0 Å². The van der Waals surface area contributed by atoms with E-state index in [4.69, 9.17) is 16.4 Å². The molecule has 0 bridgehead atoms. The Hall–Kier alpha value is 0.200. The van der Waals surface area contributed by atoms with Crippen molar-refractivity contribution in [2.24, 2.45) is 5.73 Å². The molecule has 0 aliphatic heterocycles. The maximum atomic E-state index is 10.4. The van der Waals surface area contributed by atoms with Gasteiger partial charge in [0.1, 0.15) is 0 Å². The van der Waals surface area contributed by atoms with Crippen LogP contribution in [0.3, 0.4) is 0 Å². The van der Waals surface area contributed by atoms with Gasteiger partial charge in [-0.2, -0.15) is 0 Å². The standard InChI is InChI=1S/C4H8ClNO2S/c5-9(7,8)3-4(6)1-2-4/h1-3,6H2. The summed E-state index contributed by atoms with van der Waals surface area (Å²) < 4.78 is 20.7. The van der Waals surface area contributed by atoms with Crippen LogP contribution in [0.15, 0.2) is 0 Å². The van der Waals surface area contributed by atoms with E-state index in [9.17, 15) is 8.42 Å². The lowest BCUT2D eigenvalue weighted by Gasteiger charge is -2.02. The van der Waals surface area contributed by atoms with Crippen molar-refractivity contribution in [3.63, 3.8) is 0 Å². The lowest BCUT2D eigenvalue weighted by Crippen LogP contribution is -2.29. The van der Waals surface area contributed by atoms with Crippen molar-refractivity contribution in [1.29, 1.82) is 0 Å². The van der Waals surface area contributed by atoms with E-state index in [2.05, 4.69) is 0 Å². The first kappa shape index (κ1) is 7.31. The number of nitrogens with two attached hydrogens (primary N) is 1. The Morgan fingerprint density at radius 1 is 1.56 bits per heavy atom. The summed E-state index contributed by atoms with van der Waals surface area (Å²) in [6, 6.07) is 0. The zero-order valence-electron chi connectivity index (χ0n) is 4.80. The van der Waals surface area contributed by atoms with Crippen LogP contribution in [0.2, 0.25) is 0 Å². The van der Waals surface area contributed by atoms with Crippen molar-refractivity contribution < 1.29 is 8.42 Å². The van der Waals surface area contributed by atoms with Gasteiger partial charge in [-0.05, 0) is 12.8 Å². The highest BCUT2D eigenvalue weighted by molar-refractivity contribution is 8.13. The Labute approximate surface area is 58.6 Å². The van der Waals surface area contributed by atoms with E-state index in [1.165, 1.54) is 0 Å². The molecule has 0 saturated heterocycles. The van der Waals surface area contributed by atoms with Gasteiger partial charge in [0.15, 0.2) is 0 Å². The van der Waals surface area contributed by atoms with Crippen molar-refractivity contribution >= 4 is 19.7 Å². The first-order chi connectivity index (χ1) is 3.91. The summed E-state index contributed by atoms with van der Waals surface area (Å²) in [6.07, 6.45) is 1.55. The minimum Gasteiger partial charge on any atom is -0.324 e. The molecule has 0 heterocycles. The third-order valence-corrected chi connectivity index (χ3v) is 2.60. The van der Waals surface area contributed by atoms with Gasteiger partial charge in [0.25, 0.3) is 0 Å². The summed E-state index contributed by atoms with van der Waals surface area (Å²) >= 11 is 0. The summed E-state index contributed by atoms with van der Waals surface area (Å²) in [7, 11) is 1.58. The maximum absolute atomic E-state index is 10.4. The molecule has 2 N–H and O–H groups in total. The fourth-order valence-corrected chi connectivity index (χ4v) is 2.28. The summed E-state index contributed by atoms with van der Waals surface area (Å²) in [4.78, 5) is 0. The topological polar surface area (TPSA) is 60.2 Å². The van der Waals surface area contributed by atoms with E-state index in [0.29, 0.717) is 0 Å². The molecule has 54 valence electrons. The van der Waals surface area contributed by atoms with Crippen LogP contribution in [0.1, 0.15) is 12.8 Å². The second-order valence-corrected chi connectivity index (χ2v) is 5.32. The molecule has 0 aromatic rings. The average Bonchev–Trinajstić information content (AvgIpc) is 2.12. The fourth-order valence-electron chi connectivity index (χ4n) is 0.648. The molecule has 3 nitrogen and oxygen atoms in total. The second-order valence-electron chi connectivity index (χ2n) is 2.55. The molecule has 0 radical (unpaired) electrons. The lowest BCUT2D eigenvalue weighted by atomic mass is 10.4. The van der Waals surface area contributed by atoms with E-state index in [-0.39, 0.29) is 5.75 Å². The number of hydrogen-bond acceptors (Lipinski definition) is 3. The smallest absolute Gasteiger partial charge is 0.234 e. The van der Waals surface area contributed by atoms with Crippen molar-refractivity contribution in [2.45, 2.75) is 18.4 Å². The van der Waals surface area contributed by atoms with Gasteiger partial charge in [-0.15, -0.1) is 0 Å². The molecule has 0 amide bonds. The molecule has 1 fully saturated rings. The number of halogens is 1. The van der Waals surface area contributed by atoms with Gasteiger partial charge in [-0.1, -0.05) is 0 Å². The van der Waals surface area contributed by atoms with E-state index >= 15 is 0 Å². The SMILES string of the molecule is NC1(CS(=O)(=O)Cl)CC1. The molecule has 1 rings (SSSR count). The van der Waals surface area contributed by atoms with Crippen LogP contribution in [0.25, 0.3) is 0 Å². The molecular weight excluding hydrogens is 162 g/mol. The van der Waals surface area contributed by atoms with Crippen LogP contribution < -0.4 is 5.73 Å². The van der Waals surface area contributed by atoms with Crippen LogP contribution in [0.4, 0.5) is 0 Å². The van der Waals surface area contributed by atoms with Gasteiger partial charge in [-0.25, -0.2) is 8.42 Å². The normalized spacial score (nSPS) is 23.8. The Balaban J connectivity index is 2.53. The molecule has 9 heavy (non-hydrogen) atoms. The molecule has 0 unspecified atom stereocenters. The minimum atomic E-state index is -3.37. The third-order valence-electron chi connectivity index (χ3n) is 1.35. The van der Waals surface area contributed by atoms with Crippen LogP contribution >= 0.6 is 10.7 Å². The average molecular weight is 170 g/mol. The zero-order valence-corrected chi connectivity index (χ0v) is 6.37. The second kappa shape index (κ2) is 1.84. The van der Waals surface area contributed by atoms with Gasteiger partial charge >= 0.3 is 0 Å². The number of hydrogen-bond donors (Lipinski definition) is 1. The Morgan fingerprint density at radius 3 is 2.11 bits per heavy atom. The Morgan fingerprint density at radius 2 is 2.00 bits per heavy atom. The maximum Gasteiger partial charge on any atom is 0.234 e. The molecule has 5 heteroatoms. The molecule has 1 aliphatic carbocycles. The zero-order chi connectivity index (χ0) is 7.12. The highest BCUT2D eigenvalue weighted by Crippen LogP contribution is 2.34. The van der Waals surface area contributed by atoms with Crippen LogP contribution in [-0.2, 0) is 9.05 Å². The lowest BCUT2D eigenvalue weighted by molar-refractivity contribution is 0.599. The molecule has 0 aromatic heterocycles. The Bertz CT molecular complexity index is 207. The highest BCUT2D eigenvalue weighted by Gasteiger charge is 2.41. The van der Waals surface area contributed by atoms with Crippen molar-refractivity contribution in [1.82, 2.24) is 0 Å². The largest absolute Gasteiger partial charge is 0.324 e. The van der Waals surface area contributed by atoms with E-state index in [1.807, 2.05) is 0 Å². The predicted octanol–water partition coefficient (Wildman–Crippen LogP) is 0.0463. The summed E-state index contributed by atoms with van der Waals surface area (Å²) in [6.45, 7) is 0. The van der Waals surface area contributed by atoms with Gasteiger partial charge in [0, 0.05) is 16.2 Å². The number of rotatable bonds is 2. The molecule has 0 atom stereocenters. The molecule has 0 spiro atoms. The fraction of sp³-hybridized carbons (Fsp3) is 1.00. The monoisotopic (exact) mass is 169 g/mol. The Kier molecular flexibility index (Phi) is 1.49. The van der Waals surface area contributed by atoms with E-state index in [1.54, 1.807) is 0 Å². The summed E-state index contributed by atoms with van der Waals surface area (Å²) in [5.41, 5.74) is 4.98. The minimum absolute atomic E-state index is 0.0818. The molecular formula is C4H8ClNO2S. The highest BCUT2D eigenvalue weighted by atomic mass is 35.7. The summed E-state index contributed by atoms with van der Waals surface area (Å²) in [5, 5.41) is 0. The first-order valence-corrected chi connectivity index (χ1v) is 5.10. The van der Waals surface area contributed by atoms with Gasteiger partial charge < -0.3 is 5.73 Å². The molecule has 1 saturated carbocycles. The molecule has 1 aliphatic rings. The first-order valence-electron chi connectivity index (χ1n) is 2.63. The predicted molar refractivity (Wildman–Crippen MR) is 35.8 cm³/mol. The van der Waals surface area contributed by atoms with Crippen molar-refractivity contribution in [3.8, 4) is 0 Å². The van der Waals surface area contributed by atoms with Crippen molar-refractivity contribution in [2.75, 3.05) is 5.75 Å². The van der Waals surface area contributed by atoms with Gasteiger partial charge in [0.2, 0.25) is 9.05 Å². The van der Waals surface area contributed by atoms with Crippen molar-refractivity contribution in [3.05, 3.63) is 0 Å². The van der Waals surface area contributed by atoms with Crippen LogP contribution in [-0.4, -0.2) is 19.7 Å². The third kappa shape index (κ3) is 2.51. The molecule has 0 aromatic carbocycles. The van der Waals surface area contributed by atoms with Crippen LogP contribution in [0.5, 0.6) is 0 Å². The summed E-state index contributed by atoms with van der Waals surface area (Å²) in [5.74, 6) is -0.0818. The van der Waals surface area contributed by atoms with Gasteiger partial charge in [0.05, 0.1) is 5.75 Å². The van der Waals surface area contributed by atoms with Gasteiger partial charge in [-0.3, -0.25) is 0 Å².